The minimum atomic E-state index is 1.14. The Morgan fingerprint density at radius 3 is 1.15 bits per heavy atom. The molecule has 0 saturated heterocycles. The number of hydrogen-bond donors (Lipinski definition) is 0. The summed E-state index contributed by atoms with van der Waals surface area (Å²) >= 11 is 0. The first-order valence-electron chi connectivity index (χ1n) is 28.4. The number of fused-ring (bicyclic) bond motifs is 12. The van der Waals surface area contributed by atoms with Gasteiger partial charge in [0.2, 0.25) is 0 Å². The molecule has 2 heterocycles. The molecule has 2 nitrogen and oxygen atoms in total. The molecule has 2 heteroatoms. The second kappa shape index (κ2) is 18.4. The molecule has 0 unspecified atom stereocenters. The summed E-state index contributed by atoms with van der Waals surface area (Å²) in [7, 11) is 0. The van der Waals surface area contributed by atoms with Crippen molar-refractivity contribution in [2.45, 2.75) is 0 Å². The summed E-state index contributed by atoms with van der Waals surface area (Å²) in [5.41, 5.74) is 19.0. The number of hydrogen-bond acceptors (Lipinski definition) is 0. The molecule has 0 spiro atoms. The maximum Gasteiger partial charge on any atom is 0.0547 e. The number of aromatic nitrogens is 2. The van der Waals surface area contributed by atoms with Gasteiger partial charge in [0, 0.05) is 32.9 Å². The Morgan fingerprint density at radius 1 is 0.159 bits per heavy atom. The van der Waals surface area contributed by atoms with Gasteiger partial charge in [0.25, 0.3) is 0 Å². The first-order chi connectivity index (χ1) is 40.7. The summed E-state index contributed by atoms with van der Waals surface area (Å²) in [4.78, 5) is 0. The summed E-state index contributed by atoms with van der Waals surface area (Å²) in [6.45, 7) is 0. The Morgan fingerprint density at radius 2 is 0.537 bits per heavy atom. The van der Waals surface area contributed by atoms with Crippen LogP contribution < -0.4 is 0 Å². The monoisotopic (exact) mass is 1040 g/mol. The highest BCUT2D eigenvalue weighted by Gasteiger charge is 2.25. The molecule has 0 aliphatic heterocycles. The lowest BCUT2D eigenvalue weighted by molar-refractivity contribution is 1.18. The Hall–Kier alpha value is -10.8. The molecule has 82 heavy (non-hydrogen) atoms. The first kappa shape index (κ1) is 46.1. The standard InChI is InChI=1S/C80H50N2/c1-5-21-51(22-6-1)55-39-44-67-69(46-55)78(58-41-43-65-63-33-18-20-36-74(63)82(76(65)48-58)60-29-11-4-12-30-60)71-49-68-61-31-15-16-34-66(61)80(56-38-37-52-23-13-14-26-54(52)45-56)79(53-24-7-2-8-25-53)70(68)50-72(71)77(67)57-40-42-64-62-32-17-19-35-73(62)81(75(64)47-57)59-27-9-3-10-28-59/h1-50H. The molecule has 0 bridgehead atoms. The van der Waals surface area contributed by atoms with Crippen LogP contribution >= 0.6 is 0 Å². The van der Waals surface area contributed by atoms with Crippen LogP contribution in [0.4, 0.5) is 0 Å². The quantitative estimate of drug-likeness (QED) is 0.111. The van der Waals surface area contributed by atoms with Crippen molar-refractivity contribution in [1.82, 2.24) is 9.13 Å². The molecule has 2 aromatic heterocycles. The van der Waals surface area contributed by atoms with Crippen molar-refractivity contribution in [3.05, 3.63) is 303 Å². The van der Waals surface area contributed by atoms with Crippen LogP contribution in [0.1, 0.15) is 0 Å². The maximum absolute atomic E-state index is 2.57. The van der Waals surface area contributed by atoms with Gasteiger partial charge < -0.3 is 9.13 Å². The molecule has 0 aliphatic rings. The summed E-state index contributed by atoms with van der Waals surface area (Å²) in [6.07, 6.45) is 0. The Balaban J connectivity index is 1.08. The van der Waals surface area contributed by atoms with Gasteiger partial charge in [-0.1, -0.05) is 231 Å². The summed E-state index contributed by atoms with van der Waals surface area (Å²) in [5, 5.41) is 17.1. The Labute approximate surface area is 474 Å². The average molecular weight is 1040 g/mol. The van der Waals surface area contributed by atoms with E-state index in [0.717, 1.165) is 16.9 Å². The van der Waals surface area contributed by atoms with Gasteiger partial charge in [-0.15, -0.1) is 0 Å². The number of nitrogens with zero attached hydrogens (tertiary/aromatic N) is 2. The molecule has 0 aliphatic carbocycles. The molecule has 0 saturated carbocycles. The molecule has 380 valence electrons. The zero-order valence-electron chi connectivity index (χ0n) is 44.8. The minimum Gasteiger partial charge on any atom is -0.309 e. The van der Waals surface area contributed by atoms with Crippen molar-refractivity contribution in [3.8, 4) is 67.0 Å². The molecule has 17 rings (SSSR count). The van der Waals surface area contributed by atoms with Crippen molar-refractivity contribution in [1.29, 1.82) is 0 Å². The fourth-order valence-electron chi connectivity index (χ4n) is 13.9. The van der Waals surface area contributed by atoms with Crippen molar-refractivity contribution >= 4 is 97.5 Å². The van der Waals surface area contributed by atoms with Gasteiger partial charge in [0.05, 0.1) is 22.1 Å². The number of para-hydroxylation sites is 4. The largest absolute Gasteiger partial charge is 0.309 e. The van der Waals surface area contributed by atoms with E-state index in [9.17, 15) is 0 Å². The molecule has 0 fully saturated rings. The first-order valence-corrected chi connectivity index (χ1v) is 28.4. The van der Waals surface area contributed by atoms with Gasteiger partial charge in [0.15, 0.2) is 0 Å². The van der Waals surface area contributed by atoms with Gasteiger partial charge >= 0.3 is 0 Å². The molecule has 15 aromatic carbocycles. The fraction of sp³-hybridized carbons (Fsp3) is 0. The van der Waals surface area contributed by atoms with E-state index in [1.165, 1.54) is 148 Å². The minimum absolute atomic E-state index is 1.14. The average Bonchev–Trinajstić information content (AvgIpc) is 2.47. The molecule has 17 aromatic rings. The molecular weight excluding hydrogens is 989 g/mol. The third kappa shape index (κ3) is 7.08. The predicted octanol–water partition coefficient (Wildman–Crippen LogP) is 22.0. The van der Waals surface area contributed by atoms with Crippen molar-refractivity contribution in [2.75, 3.05) is 0 Å². The highest BCUT2D eigenvalue weighted by Crippen LogP contribution is 2.52. The Bertz CT molecular complexity index is 5420. The van der Waals surface area contributed by atoms with Crippen LogP contribution in [0.5, 0.6) is 0 Å². The number of benzene rings is 15. The zero-order chi connectivity index (χ0) is 53.8. The van der Waals surface area contributed by atoms with Crippen LogP contribution in [-0.2, 0) is 0 Å². The fourth-order valence-corrected chi connectivity index (χ4v) is 13.9. The second-order valence-corrected chi connectivity index (χ2v) is 21.9. The normalized spacial score (nSPS) is 11.9. The van der Waals surface area contributed by atoms with Crippen LogP contribution in [0.25, 0.3) is 164 Å². The Kier molecular flexibility index (Phi) is 10.3. The van der Waals surface area contributed by atoms with E-state index in [2.05, 4.69) is 312 Å². The summed E-state index contributed by atoms with van der Waals surface area (Å²) in [6, 6.07) is 113. The third-order valence-corrected chi connectivity index (χ3v) is 17.4. The van der Waals surface area contributed by atoms with E-state index in [4.69, 9.17) is 0 Å². The van der Waals surface area contributed by atoms with Crippen molar-refractivity contribution in [3.63, 3.8) is 0 Å². The van der Waals surface area contributed by atoms with E-state index in [1.54, 1.807) is 0 Å². The molecule has 0 N–H and O–H groups in total. The highest BCUT2D eigenvalue weighted by atomic mass is 15.0. The predicted molar refractivity (Wildman–Crippen MR) is 350 cm³/mol. The van der Waals surface area contributed by atoms with Crippen molar-refractivity contribution < 1.29 is 0 Å². The van der Waals surface area contributed by atoms with Crippen LogP contribution in [0.15, 0.2) is 303 Å². The molecule has 0 amide bonds. The molecule has 0 atom stereocenters. The van der Waals surface area contributed by atoms with Gasteiger partial charge in [0.1, 0.15) is 0 Å². The SMILES string of the molecule is c1ccc(-c2ccc3c(-c4ccc5c6ccccc6n(-c6ccccc6)c5c4)c4cc5c(-c6ccccc6)c(-c6ccc7ccccc7c6)c6ccccc6c5cc4c(-c4ccc5c6ccccc6n(-c6ccccc6)c5c4)c3c2)cc1. The number of rotatable bonds is 7. The smallest absolute Gasteiger partial charge is 0.0547 e. The van der Waals surface area contributed by atoms with Gasteiger partial charge in [-0.3, -0.25) is 0 Å². The van der Waals surface area contributed by atoms with E-state index >= 15 is 0 Å². The van der Waals surface area contributed by atoms with Gasteiger partial charge in [-0.2, -0.15) is 0 Å². The van der Waals surface area contributed by atoms with Crippen LogP contribution in [0.3, 0.4) is 0 Å². The maximum atomic E-state index is 2.57. The second-order valence-electron chi connectivity index (χ2n) is 21.9. The van der Waals surface area contributed by atoms with Gasteiger partial charge in [-0.25, -0.2) is 0 Å². The lowest BCUT2D eigenvalue weighted by Crippen LogP contribution is -1.97. The van der Waals surface area contributed by atoms with Crippen molar-refractivity contribution in [2.24, 2.45) is 0 Å². The third-order valence-electron chi connectivity index (χ3n) is 17.4. The summed E-state index contributed by atoms with van der Waals surface area (Å²) in [5.74, 6) is 0. The van der Waals surface area contributed by atoms with Crippen LogP contribution in [-0.4, -0.2) is 9.13 Å². The zero-order valence-corrected chi connectivity index (χ0v) is 44.8. The van der Waals surface area contributed by atoms with Crippen LogP contribution in [0, 0.1) is 0 Å². The molecular formula is C80H50N2. The topological polar surface area (TPSA) is 9.86 Å². The van der Waals surface area contributed by atoms with Crippen LogP contribution in [0.2, 0.25) is 0 Å². The van der Waals surface area contributed by atoms with E-state index in [1.807, 2.05) is 0 Å². The lowest BCUT2D eigenvalue weighted by Gasteiger charge is -2.23. The lowest BCUT2D eigenvalue weighted by atomic mass is 9.80. The van der Waals surface area contributed by atoms with E-state index in [-0.39, 0.29) is 0 Å². The van der Waals surface area contributed by atoms with E-state index in [0.29, 0.717) is 0 Å². The summed E-state index contributed by atoms with van der Waals surface area (Å²) < 4.78 is 4.90. The van der Waals surface area contributed by atoms with E-state index < -0.39 is 0 Å². The molecule has 0 radical (unpaired) electrons. The van der Waals surface area contributed by atoms with Gasteiger partial charge in [-0.05, 0) is 182 Å². The highest BCUT2D eigenvalue weighted by molar-refractivity contribution is 6.30.